The molecular formula is C10H18N4O2. The summed E-state index contributed by atoms with van der Waals surface area (Å²) in [6.07, 6.45) is 0. The molecule has 1 rings (SSSR count). The third kappa shape index (κ3) is 2.79. The van der Waals surface area contributed by atoms with Crippen molar-refractivity contribution in [2.45, 2.75) is 27.3 Å². The van der Waals surface area contributed by atoms with Crippen LogP contribution in [0.3, 0.4) is 0 Å². The minimum absolute atomic E-state index is 0.0412. The highest BCUT2D eigenvalue weighted by Crippen LogP contribution is 2.03. The van der Waals surface area contributed by atoms with E-state index in [1.165, 1.54) is 0 Å². The van der Waals surface area contributed by atoms with Gasteiger partial charge in [0, 0.05) is 6.54 Å². The molecule has 0 spiro atoms. The zero-order valence-electron chi connectivity index (χ0n) is 9.97. The van der Waals surface area contributed by atoms with E-state index in [-0.39, 0.29) is 5.69 Å². The highest BCUT2D eigenvalue weighted by Gasteiger charge is 2.14. The van der Waals surface area contributed by atoms with E-state index in [2.05, 4.69) is 29.1 Å². The van der Waals surface area contributed by atoms with Gasteiger partial charge in [0.25, 0.3) is 0 Å². The number of rotatable bonds is 6. The predicted molar refractivity (Wildman–Crippen MR) is 59.5 cm³/mol. The maximum Gasteiger partial charge on any atom is 0.358 e. The molecule has 0 bridgehead atoms. The molecule has 0 amide bonds. The van der Waals surface area contributed by atoms with Gasteiger partial charge in [-0.25, -0.2) is 9.48 Å². The molecule has 0 aliphatic heterocycles. The SMILES string of the molecule is CCN(CC)CCn1nnc(C(=O)O)c1C. The lowest BCUT2D eigenvalue weighted by Crippen LogP contribution is -2.27. The summed E-state index contributed by atoms with van der Waals surface area (Å²) in [5, 5.41) is 16.3. The molecule has 0 aliphatic carbocycles. The number of carboxylic acids is 1. The first-order valence-corrected chi connectivity index (χ1v) is 5.45. The number of likely N-dealkylation sites (N-methyl/N-ethyl adjacent to an activating group) is 1. The van der Waals surface area contributed by atoms with E-state index in [1.807, 2.05) is 0 Å². The third-order valence-electron chi connectivity index (χ3n) is 2.71. The lowest BCUT2D eigenvalue weighted by Gasteiger charge is -2.17. The first-order valence-electron chi connectivity index (χ1n) is 5.45. The van der Waals surface area contributed by atoms with Crippen LogP contribution in [-0.2, 0) is 6.54 Å². The van der Waals surface area contributed by atoms with Crippen molar-refractivity contribution < 1.29 is 9.90 Å². The van der Waals surface area contributed by atoms with Gasteiger partial charge in [-0.1, -0.05) is 19.1 Å². The van der Waals surface area contributed by atoms with Crippen LogP contribution in [0, 0.1) is 6.92 Å². The molecule has 1 N–H and O–H groups in total. The van der Waals surface area contributed by atoms with Crippen LogP contribution in [0.4, 0.5) is 0 Å². The van der Waals surface area contributed by atoms with E-state index < -0.39 is 5.97 Å². The number of hydrogen-bond donors (Lipinski definition) is 1. The summed E-state index contributed by atoms with van der Waals surface area (Å²) in [6, 6.07) is 0. The Morgan fingerprint density at radius 3 is 2.50 bits per heavy atom. The van der Waals surface area contributed by atoms with Crippen molar-refractivity contribution in [1.82, 2.24) is 19.9 Å². The number of nitrogens with zero attached hydrogens (tertiary/aromatic N) is 4. The molecule has 6 nitrogen and oxygen atoms in total. The topological polar surface area (TPSA) is 71.2 Å². The molecule has 0 aromatic carbocycles. The molecule has 6 heteroatoms. The number of aromatic nitrogens is 3. The molecule has 16 heavy (non-hydrogen) atoms. The van der Waals surface area contributed by atoms with Crippen LogP contribution in [0.1, 0.15) is 30.0 Å². The molecule has 1 aromatic rings. The monoisotopic (exact) mass is 226 g/mol. The lowest BCUT2D eigenvalue weighted by molar-refractivity contribution is 0.0689. The first-order chi connectivity index (χ1) is 7.60. The summed E-state index contributed by atoms with van der Waals surface area (Å²) in [5.41, 5.74) is 0.652. The van der Waals surface area contributed by atoms with Crippen LogP contribution >= 0.6 is 0 Å². The van der Waals surface area contributed by atoms with Gasteiger partial charge in [0.15, 0.2) is 5.69 Å². The molecule has 0 saturated carbocycles. The number of hydrogen-bond acceptors (Lipinski definition) is 4. The van der Waals surface area contributed by atoms with Gasteiger partial charge in [-0.15, -0.1) is 5.10 Å². The second-order valence-electron chi connectivity index (χ2n) is 3.58. The van der Waals surface area contributed by atoms with Gasteiger partial charge in [-0.3, -0.25) is 0 Å². The van der Waals surface area contributed by atoms with Crippen molar-refractivity contribution in [2.24, 2.45) is 0 Å². The van der Waals surface area contributed by atoms with Crippen molar-refractivity contribution in [3.05, 3.63) is 11.4 Å². The van der Waals surface area contributed by atoms with E-state index in [0.717, 1.165) is 19.6 Å². The van der Waals surface area contributed by atoms with Gasteiger partial charge in [0.05, 0.1) is 12.2 Å². The third-order valence-corrected chi connectivity index (χ3v) is 2.71. The fourth-order valence-corrected chi connectivity index (χ4v) is 1.55. The highest BCUT2D eigenvalue weighted by atomic mass is 16.4. The van der Waals surface area contributed by atoms with Gasteiger partial charge in [0.2, 0.25) is 0 Å². The Labute approximate surface area is 94.9 Å². The Bertz CT molecular complexity index is 358. The molecule has 90 valence electrons. The second kappa shape index (κ2) is 5.60. The van der Waals surface area contributed by atoms with Gasteiger partial charge in [-0.2, -0.15) is 0 Å². The Morgan fingerprint density at radius 1 is 1.44 bits per heavy atom. The van der Waals surface area contributed by atoms with E-state index in [0.29, 0.717) is 12.2 Å². The fourth-order valence-electron chi connectivity index (χ4n) is 1.55. The average Bonchev–Trinajstić information content (AvgIpc) is 2.62. The number of aromatic carboxylic acids is 1. The van der Waals surface area contributed by atoms with Crippen LogP contribution in [-0.4, -0.2) is 50.6 Å². The summed E-state index contributed by atoms with van der Waals surface area (Å²) < 4.78 is 1.64. The van der Waals surface area contributed by atoms with E-state index in [9.17, 15) is 4.79 Å². The van der Waals surface area contributed by atoms with E-state index in [4.69, 9.17) is 5.11 Å². The second-order valence-corrected chi connectivity index (χ2v) is 3.58. The molecule has 0 fully saturated rings. The van der Waals surface area contributed by atoms with Crippen LogP contribution in [0.2, 0.25) is 0 Å². The largest absolute Gasteiger partial charge is 0.476 e. The Hall–Kier alpha value is -1.43. The quantitative estimate of drug-likeness (QED) is 0.770. The zero-order valence-corrected chi connectivity index (χ0v) is 9.97. The Balaban J connectivity index is 2.64. The van der Waals surface area contributed by atoms with Crippen molar-refractivity contribution in [1.29, 1.82) is 0 Å². The summed E-state index contributed by atoms with van der Waals surface area (Å²) in [6.45, 7) is 9.42. The number of carboxylic acid groups (broad SMARTS) is 1. The average molecular weight is 226 g/mol. The molecule has 0 aliphatic rings. The zero-order chi connectivity index (χ0) is 12.1. The standard InChI is InChI=1S/C10H18N4O2/c1-4-13(5-2)6-7-14-8(3)9(10(15)16)11-12-14/h4-7H2,1-3H3,(H,15,16). The number of carbonyl (C=O) groups is 1. The van der Waals surface area contributed by atoms with E-state index in [1.54, 1.807) is 11.6 Å². The Kier molecular flexibility index (Phi) is 4.42. The summed E-state index contributed by atoms with van der Waals surface area (Å²) in [7, 11) is 0. The van der Waals surface area contributed by atoms with Crippen molar-refractivity contribution in [3.63, 3.8) is 0 Å². The molecule has 0 radical (unpaired) electrons. The minimum atomic E-state index is -1.02. The van der Waals surface area contributed by atoms with Crippen LogP contribution in [0.5, 0.6) is 0 Å². The van der Waals surface area contributed by atoms with E-state index >= 15 is 0 Å². The normalized spacial score (nSPS) is 11.0. The van der Waals surface area contributed by atoms with Crippen molar-refractivity contribution in [3.8, 4) is 0 Å². The summed E-state index contributed by atoms with van der Waals surface area (Å²) in [5.74, 6) is -1.02. The van der Waals surface area contributed by atoms with Crippen LogP contribution in [0.15, 0.2) is 0 Å². The smallest absolute Gasteiger partial charge is 0.358 e. The molecule has 0 atom stereocenters. The van der Waals surface area contributed by atoms with Gasteiger partial charge >= 0.3 is 5.97 Å². The van der Waals surface area contributed by atoms with Gasteiger partial charge in [0.1, 0.15) is 0 Å². The predicted octanol–water partition coefficient (Wildman–Crippen LogP) is 0.627. The van der Waals surface area contributed by atoms with Gasteiger partial charge in [-0.05, 0) is 20.0 Å². The maximum absolute atomic E-state index is 10.8. The van der Waals surface area contributed by atoms with Crippen molar-refractivity contribution >= 4 is 5.97 Å². The molecule has 0 unspecified atom stereocenters. The molecule has 0 saturated heterocycles. The summed E-state index contributed by atoms with van der Waals surface area (Å²) in [4.78, 5) is 13.0. The molecule has 1 heterocycles. The summed E-state index contributed by atoms with van der Waals surface area (Å²) >= 11 is 0. The first kappa shape index (κ1) is 12.6. The minimum Gasteiger partial charge on any atom is -0.476 e. The highest BCUT2D eigenvalue weighted by molar-refractivity contribution is 5.86. The fraction of sp³-hybridized carbons (Fsp3) is 0.700. The molecular weight excluding hydrogens is 208 g/mol. The van der Waals surface area contributed by atoms with Gasteiger partial charge < -0.3 is 10.0 Å². The molecule has 1 aromatic heterocycles. The Morgan fingerprint density at radius 2 is 2.06 bits per heavy atom. The lowest BCUT2D eigenvalue weighted by atomic mass is 10.3. The maximum atomic E-state index is 10.8. The van der Waals surface area contributed by atoms with Crippen LogP contribution < -0.4 is 0 Å². The van der Waals surface area contributed by atoms with Crippen LogP contribution in [0.25, 0.3) is 0 Å². The van der Waals surface area contributed by atoms with Crippen molar-refractivity contribution in [2.75, 3.05) is 19.6 Å².